The van der Waals surface area contributed by atoms with Gasteiger partial charge in [0, 0.05) is 17.7 Å². The summed E-state index contributed by atoms with van der Waals surface area (Å²) in [7, 11) is -3.68. The minimum absolute atomic E-state index is 0.0585. The summed E-state index contributed by atoms with van der Waals surface area (Å²) in [6.45, 7) is 4.03. The van der Waals surface area contributed by atoms with Gasteiger partial charge in [0.25, 0.3) is 5.69 Å². The Morgan fingerprint density at radius 1 is 1.07 bits per heavy atom. The van der Waals surface area contributed by atoms with E-state index < -0.39 is 14.9 Å². The molecule has 0 amide bonds. The minimum Gasteiger partial charge on any atom is -0.327 e. The van der Waals surface area contributed by atoms with Crippen molar-refractivity contribution in [2.45, 2.75) is 17.9 Å². The first-order valence-electron chi connectivity index (χ1n) is 8.63. The van der Waals surface area contributed by atoms with Crippen LogP contribution in [0, 0.1) is 15.9 Å². The van der Waals surface area contributed by atoms with Crippen LogP contribution in [-0.4, -0.2) is 43.8 Å². The van der Waals surface area contributed by atoms with E-state index in [4.69, 9.17) is 0 Å². The molecular formula is C18H21FN3O4S+. The predicted octanol–water partition coefficient (Wildman–Crippen LogP) is 1.38. The van der Waals surface area contributed by atoms with Crippen molar-refractivity contribution in [1.82, 2.24) is 4.31 Å². The Bertz CT molecular complexity index is 909. The Morgan fingerprint density at radius 2 is 1.63 bits per heavy atom. The Balaban J connectivity index is 1.67. The molecule has 0 unspecified atom stereocenters. The van der Waals surface area contributed by atoms with Crippen molar-refractivity contribution in [3.63, 3.8) is 0 Å². The normalized spacial score (nSPS) is 17.6. The maximum absolute atomic E-state index is 13.1. The van der Waals surface area contributed by atoms with Gasteiger partial charge in [0.1, 0.15) is 11.9 Å². The zero-order valence-electron chi connectivity index (χ0n) is 14.8. The third-order valence-corrected chi connectivity index (χ3v) is 6.95. The Kier molecular flexibility index (Phi) is 5.54. The molecule has 3 rings (SSSR count). The highest BCUT2D eigenvalue weighted by molar-refractivity contribution is 7.89. The molecule has 1 aliphatic heterocycles. The number of non-ortho nitro benzene ring substituents is 1. The van der Waals surface area contributed by atoms with E-state index in [1.807, 2.05) is 6.92 Å². The van der Waals surface area contributed by atoms with Crippen LogP contribution in [0.1, 0.15) is 18.5 Å². The van der Waals surface area contributed by atoms with Crippen molar-refractivity contribution >= 4 is 15.7 Å². The number of nitro benzene ring substituents is 1. The van der Waals surface area contributed by atoms with E-state index in [0.717, 1.165) is 5.56 Å². The molecule has 0 aliphatic carbocycles. The lowest BCUT2D eigenvalue weighted by Gasteiger charge is -2.35. The molecule has 144 valence electrons. The van der Waals surface area contributed by atoms with Crippen LogP contribution in [-0.2, 0) is 10.0 Å². The fourth-order valence-electron chi connectivity index (χ4n) is 3.32. The second-order valence-corrected chi connectivity index (χ2v) is 8.52. The number of nitro groups is 1. The van der Waals surface area contributed by atoms with Crippen LogP contribution < -0.4 is 4.90 Å². The van der Waals surface area contributed by atoms with Crippen LogP contribution in [0.5, 0.6) is 0 Å². The van der Waals surface area contributed by atoms with Gasteiger partial charge in [-0.05, 0) is 31.2 Å². The van der Waals surface area contributed by atoms with E-state index in [2.05, 4.69) is 0 Å². The SMILES string of the molecule is C[C@H](c1ccc(F)cc1)[NH+]1CCN(S(=O)(=O)c2ccc([N+](=O)[O-])cc2)CC1. The summed E-state index contributed by atoms with van der Waals surface area (Å²) >= 11 is 0. The number of halogens is 1. The zero-order valence-corrected chi connectivity index (χ0v) is 15.7. The fourth-order valence-corrected chi connectivity index (χ4v) is 4.76. The monoisotopic (exact) mass is 394 g/mol. The second kappa shape index (κ2) is 7.71. The highest BCUT2D eigenvalue weighted by Gasteiger charge is 2.32. The van der Waals surface area contributed by atoms with Crippen LogP contribution >= 0.6 is 0 Å². The number of sulfonamides is 1. The smallest absolute Gasteiger partial charge is 0.269 e. The maximum Gasteiger partial charge on any atom is 0.269 e. The maximum atomic E-state index is 13.1. The van der Waals surface area contributed by atoms with Crippen LogP contribution in [0.4, 0.5) is 10.1 Å². The molecule has 9 heteroatoms. The van der Waals surface area contributed by atoms with Gasteiger partial charge in [0.15, 0.2) is 0 Å². The number of rotatable bonds is 5. The first-order valence-corrected chi connectivity index (χ1v) is 10.1. The van der Waals surface area contributed by atoms with Gasteiger partial charge in [0.2, 0.25) is 10.0 Å². The molecule has 1 fully saturated rings. The number of quaternary nitrogens is 1. The van der Waals surface area contributed by atoms with Gasteiger partial charge in [-0.1, -0.05) is 12.1 Å². The molecule has 1 saturated heterocycles. The molecule has 0 bridgehead atoms. The molecule has 0 saturated carbocycles. The summed E-state index contributed by atoms with van der Waals surface area (Å²) in [6.07, 6.45) is 0. The molecule has 2 aromatic carbocycles. The molecule has 1 heterocycles. The Hall–Kier alpha value is -2.36. The van der Waals surface area contributed by atoms with Crippen LogP contribution in [0.3, 0.4) is 0 Å². The van der Waals surface area contributed by atoms with E-state index in [1.165, 1.54) is 45.6 Å². The van der Waals surface area contributed by atoms with Crippen molar-refractivity contribution in [3.05, 3.63) is 70.0 Å². The summed E-state index contributed by atoms with van der Waals surface area (Å²) in [5.74, 6) is -0.278. The molecule has 2 aromatic rings. The highest BCUT2D eigenvalue weighted by atomic mass is 32.2. The molecule has 0 radical (unpaired) electrons. The quantitative estimate of drug-likeness (QED) is 0.613. The average molecular weight is 394 g/mol. The van der Waals surface area contributed by atoms with Crippen LogP contribution in [0.15, 0.2) is 53.4 Å². The minimum atomic E-state index is -3.68. The number of benzene rings is 2. The summed E-state index contributed by atoms with van der Waals surface area (Å²) in [6, 6.07) is 11.5. The third kappa shape index (κ3) is 4.15. The molecule has 27 heavy (non-hydrogen) atoms. The van der Waals surface area contributed by atoms with Crippen molar-refractivity contribution in [3.8, 4) is 0 Å². The van der Waals surface area contributed by atoms with E-state index in [0.29, 0.717) is 26.2 Å². The first-order chi connectivity index (χ1) is 12.8. The summed E-state index contributed by atoms with van der Waals surface area (Å²) < 4.78 is 40.0. The standard InChI is InChI=1S/C18H20FN3O4S/c1-14(15-2-4-16(19)5-3-15)20-10-12-21(13-11-20)27(25,26)18-8-6-17(7-9-18)22(23)24/h2-9,14H,10-13H2,1H3/p+1/t14-/m1/s1. The second-order valence-electron chi connectivity index (χ2n) is 6.59. The van der Waals surface area contributed by atoms with Gasteiger partial charge in [-0.25, -0.2) is 12.8 Å². The highest BCUT2D eigenvalue weighted by Crippen LogP contribution is 2.20. The van der Waals surface area contributed by atoms with Crippen molar-refractivity contribution in [2.24, 2.45) is 0 Å². The first kappa shape index (κ1) is 19.4. The molecule has 1 atom stereocenters. The number of piperazine rings is 1. The average Bonchev–Trinajstić information content (AvgIpc) is 2.68. The molecule has 1 N–H and O–H groups in total. The molecule has 0 spiro atoms. The van der Waals surface area contributed by atoms with E-state index >= 15 is 0 Å². The lowest BCUT2D eigenvalue weighted by Crippen LogP contribution is -3.14. The largest absolute Gasteiger partial charge is 0.327 e. The molecule has 0 aromatic heterocycles. The van der Waals surface area contributed by atoms with Gasteiger partial charge < -0.3 is 4.90 Å². The third-order valence-electron chi connectivity index (χ3n) is 5.03. The summed E-state index contributed by atoms with van der Waals surface area (Å²) in [5.41, 5.74) is 0.870. The molecular weight excluding hydrogens is 373 g/mol. The van der Waals surface area contributed by atoms with Crippen molar-refractivity contribution < 1.29 is 22.6 Å². The van der Waals surface area contributed by atoms with Gasteiger partial charge in [0.05, 0.1) is 36.0 Å². The Morgan fingerprint density at radius 3 is 2.15 bits per heavy atom. The van der Waals surface area contributed by atoms with Crippen LogP contribution in [0.2, 0.25) is 0 Å². The molecule has 7 nitrogen and oxygen atoms in total. The number of nitrogens with zero attached hydrogens (tertiary/aromatic N) is 2. The van der Waals surface area contributed by atoms with Gasteiger partial charge >= 0.3 is 0 Å². The van der Waals surface area contributed by atoms with Gasteiger partial charge in [-0.15, -0.1) is 0 Å². The van der Waals surface area contributed by atoms with Crippen molar-refractivity contribution in [1.29, 1.82) is 0 Å². The van der Waals surface area contributed by atoms with Crippen LogP contribution in [0.25, 0.3) is 0 Å². The number of hydrogen-bond acceptors (Lipinski definition) is 4. The molecule has 1 aliphatic rings. The van der Waals surface area contributed by atoms with E-state index in [1.54, 1.807) is 12.1 Å². The van der Waals surface area contributed by atoms with E-state index in [-0.39, 0.29) is 22.4 Å². The zero-order chi connectivity index (χ0) is 19.6. The predicted molar refractivity (Wildman–Crippen MR) is 97.4 cm³/mol. The fraction of sp³-hybridized carbons (Fsp3) is 0.333. The lowest BCUT2D eigenvalue weighted by molar-refractivity contribution is -0.933. The lowest BCUT2D eigenvalue weighted by atomic mass is 10.1. The van der Waals surface area contributed by atoms with Gasteiger partial charge in [-0.3, -0.25) is 10.1 Å². The summed E-state index contributed by atoms with van der Waals surface area (Å²) in [4.78, 5) is 11.5. The summed E-state index contributed by atoms with van der Waals surface area (Å²) in [5, 5.41) is 10.7. The number of nitrogens with one attached hydrogen (secondary N) is 1. The Labute approximate surface area is 157 Å². The number of hydrogen-bond donors (Lipinski definition) is 1. The topological polar surface area (TPSA) is 85.0 Å². The van der Waals surface area contributed by atoms with Crippen molar-refractivity contribution in [2.75, 3.05) is 26.2 Å². The van der Waals surface area contributed by atoms with Gasteiger partial charge in [-0.2, -0.15) is 4.31 Å². The van der Waals surface area contributed by atoms with E-state index in [9.17, 15) is 22.9 Å².